The number of hydrogen-bond donors (Lipinski definition) is 2. The van der Waals surface area contributed by atoms with Crippen LogP contribution in [0, 0.1) is 0 Å². The van der Waals surface area contributed by atoms with Crippen molar-refractivity contribution in [2.75, 3.05) is 18.5 Å². The molecular formula is C9H10BrClFNO. The summed E-state index contributed by atoms with van der Waals surface area (Å²) in [6, 6.07) is 5.30. The van der Waals surface area contributed by atoms with Crippen molar-refractivity contribution in [2.45, 2.75) is 6.10 Å². The lowest BCUT2D eigenvalue weighted by molar-refractivity contribution is 0.151. The molecule has 2 nitrogen and oxygen atoms in total. The zero-order valence-electron chi connectivity index (χ0n) is 7.30. The molecule has 0 aliphatic rings. The van der Waals surface area contributed by atoms with Gasteiger partial charge in [-0.2, -0.15) is 0 Å². The van der Waals surface area contributed by atoms with E-state index < -0.39 is 12.8 Å². The minimum Gasteiger partial charge on any atom is -0.389 e. The van der Waals surface area contributed by atoms with E-state index in [1.165, 1.54) is 0 Å². The van der Waals surface area contributed by atoms with E-state index in [-0.39, 0.29) is 6.54 Å². The Morgan fingerprint density at radius 2 is 2.29 bits per heavy atom. The molecule has 0 amide bonds. The third-order valence-corrected chi connectivity index (χ3v) is 2.44. The Morgan fingerprint density at radius 3 is 2.86 bits per heavy atom. The van der Waals surface area contributed by atoms with E-state index in [2.05, 4.69) is 21.2 Å². The second-order valence-electron chi connectivity index (χ2n) is 2.81. The SMILES string of the molecule is OC(CF)CNc1ccc(Br)cc1Cl. The zero-order valence-corrected chi connectivity index (χ0v) is 9.65. The molecule has 0 spiro atoms. The van der Waals surface area contributed by atoms with Gasteiger partial charge in [-0.1, -0.05) is 27.5 Å². The fourth-order valence-electron chi connectivity index (χ4n) is 0.915. The van der Waals surface area contributed by atoms with Gasteiger partial charge < -0.3 is 10.4 Å². The van der Waals surface area contributed by atoms with Gasteiger partial charge in [0.25, 0.3) is 0 Å². The van der Waals surface area contributed by atoms with Crippen molar-refractivity contribution in [3.05, 3.63) is 27.7 Å². The summed E-state index contributed by atoms with van der Waals surface area (Å²) in [6.45, 7) is -0.612. The topological polar surface area (TPSA) is 32.3 Å². The highest BCUT2D eigenvalue weighted by molar-refractivity contribution is 9.10. The maximum atomic E-state index is 11.9. The van der Waals surface area contributed by atoms with Crippen molar-refractivity contribution in [2.24, 2.45) is 0 Å². The molecule has 0 aliphatic heterocycles. The summed E-state index contributed by atoms with van der Waals surface area (Å²) in [4.78, 5) is 0. The van der Waals surface area contributed by atoms with Gasteiger partial charge in [-0.3, -0.25) is 0 Å². The third-order valence-electron chi connectivity index (χ3n) is 1.64. The Hall–Kier alpha value is -0.320. The van der Waals surface area contributed by atoms with Crippen LogP contribution in [0.4, 0.5) is 10.1 Å². The molecule has 5 heteroatoms. The summed E-state index contributed by atoms with van der Waals surface area (Å²) < 4.78 is 12.8. The Bertz CT molecular complexity index is 311. The first-order valence-corrected chi connectivity index (χ1v) is 5.23. The smallest absolute Gasteiger partial charge is 0.117 e. The van der Waals surface area contributed by atoms with E-state index >= 15 is 0 Å². The molecule has 0 heterocycles. The quantitative estimate of drug-likeness (QED) is 0.890. The van der Waals surface area contributed by atoms with Crippen molar-refractivity contribution >= 4 is 33.2 Å². The first-order valence-electron chi connectivity index (χ1n) is 4.06. The Balaban J connectivity index is 2.59. The summed E-state index contributed by atoms with van der Waals surface area (Å²) in [5, 5.41) is 12.4. The molecule has 0 saturated carbocycles. The average Bonchev–Trinajstić information content (AvgIpc) is 2.16. The molecule has 0 aliphatic carbocycles. The molecule has 1 aromatic rings. The number of hydrogen-bond acceptors (Lipinski definition) is 2. The highest BCUT2D eigenvalue weighted by Crippen LogP contribution is 2.25. The van der Waals surface area contributed by atoms with Crippen LogP contribution in [-0.2, 0) is 0 Å². The highest BCUT2D eigenvalue weighted by Gasteiger charge is 2.04. The normalized spacial score (nSPS) is 12.6. The van der Waals surface area contributed by atoms with Gasteiger partial charge in [0, 0.05) is 11.0 Å². The predicted octanol–water partition coefficient (Wildman–Crippen LogP) is 2.84. The van der Waals surface area contributed by atoms with Crippen LogP contribution < -0.4 is 5.32 Å². The molecule has 78 valence electrons. The lowest BCUT2D eigenvalue weighted by atomic mass is 10.3. The molecule has 1 aromatic carbocycles. The molecule has 14 heavy (non-hydrogen) atoms. The van der Waals surface area contributed by atoms with E-state index in [4.69, 9.17) is 16.7 Å². The maximum absolute atomic E-state index is 11.9. The van der Waals surface area contributed by atoms with Crippen molar-refractivity contribution in [1.29, 1.82) is 0 Å². The van der Waals surface area contributed by atoms with Crippen molar-refractivity contribution in [3.8, 4) is 0 Å². The Kier molecular flexibility index (Phi) is 4.65. The van der Waals surface area contributed by atoms with E-state index in [0.717, 1.165) is 4.47 Å². The van der Waals surface area contributed by atoms with Gasteiger partial charge >= 0.3 is 0 Å². The molecule has 1 rings (SSSR count). The Morgan fingerprint density at radius 1 is 1.57 bits per heavy atom. The van der Waals surface area contributed by atoms with Gasteiger partial charge in [0.15, 0.2) is 0 Å². The summed E-state index contributed by atoms with van der Waals surface area (Å²) in [5.41, 5.74) is 0.683. The van der Waals surface area contributed by atoms with Crippen LogP contribution >= 0.6 is 27.5 Å². The number of rotatable bonds is 4. The van der Waals surface area contributed by atoms with E-state index in [9.17, 15) is 4.39 Å². The summed E-state index contributed by atoms with van der Waals surface area (Å²) >= 11 is 9.16. The van der Waals surface area contributed by atoms with E-state index in [1.807, 2.05) is 6.07 Å². The lowest BCUT2D eigenvalue weighted by Gasteiger charge is -2.10. The number of aliphatic hydroxyl groups excluding tert-OH is 1. The monoisotopic (exact) mass is 281 g/mol. The maximum Gasteiger partial charge on any atom is 0.117 e. The molecule has 1 atom stereocenters. The third kappa shape index (κ3) is 3.44. The summed E-state index contributed by atoms with van der Waals surface area (Å²) in [5.74, 6) is 0. The van der Waals surface area contributed by atoms with Crippen LogP contribution in [0.2, 0.25) is 5.02 Å². The van der Waals surface area contributed by atoms with Gasteiger partial charge in [-0.05, 0) is 18.2 Å². The zero-order chi connectivity index (χ0) is 10.6. The number of aliphatic hydroxyl groups is 1. The van der Waals surface area contributed by atoms with E-state index in [0.29, 0.717) is 10.7 Å². The van der Waals surface area contributed by atoms with Crippen LogP contribution in [0.3, 0.4) is 0 Å². The second kappa shape index (κ2) is 5.53. The fourth-order valence-corrected chi connectivity index (χ4v) is 1.66. The average molecular weight is 283 g/mol. The van der Waals surface area contributed by atoms with Gasteiger partial charge in [0.1, 0.15) is 6.67 Å². The minimum atomic E-state index is -0.991. The first-order chi connectivity index (χ1) is 6.63. The molecule has 0 fully saturated rings. The fraction of sp³-hybridized carbons (Fsp3) is 0.333. The molecule has 0 bridgehead atoms. The number of halogens is 3. The second-order valence-corrected chi connectivity index (χ2v) is 4.14. The van der Waals surface area contributed by atoms with Crippen molar-refractivity contribution in [1.82, 2.24) is 0 Å². The van der Waals surface area contributed by atoms with Crippen LogP contribution in [0.1, 0.15) is 0 Å². The van der Waals surface area contributed by atoms with Crippen LogP contribution in [0.5, 0.6) is 0 Å². The molecule has 0 saturated heterocycles. The van der Waals surface area contributed by atoms with Crippen LogP contribution in [0.25, 0.3) is 0 Å². The van der Waals surface area contributed by atoms with Gasteiger partial charge in [-0.25, -0.2) is 4.39 Å². The number of nitrogens with one attached hydrogen (secondary N) is 1. The summed E-state index contributed by atoms with van der Waals surface area (Å²) in [6.07, 6.45) is -0.991. The molecule has 1 unspecified atom stereocenters. The number of alkyl halides is 1. The molecule has 2 N–H and O–H groups in total. The standard InChI is InChI=1S/C9H10BrClFNO/c10-6-1-2-9(8(11)3-6)13-5-7(14)4-12/h1-3,7,13-14H,4-5H2. The predicted molar refractivity (Wildman–Crippen MR) is 59.6 cm³/mol. The Labute approximate surface area is 95.2 Å². The first kappa shape index (κ1) is 11.8. The van der Waals surface area contributed by atoms with Crippen molar-refractivity contribution < 1.29 is 9.50 Å². The van der Waals surface area contributed by atoms with Crippen LogP contribution in [0.15, 0.2) is 22.7 Å². The lowest BCUT2D eigenvalue weighted by Crippen LogP contribution is -2.21. The van der Waals surface area contributed by atoms with E-state index in [1.54, 1.807) is 12.1 Å². The molecular weight excluding hydrogens is 272 g/mol. The molecule has 0 radical (unpaired) electrons. The van der Waals surface area contributed by atoms with Gasteiger partial charge in [0.05, 0.1) is 16.8 Å². The van der Waals surface area contributed by atoms with Crippen LogP contribution in [-0.4, -0.2) is 24.4 Å². The van der Waals surface area contributed by atoms with Crippen molar-refractivity contribution in [3.63, 3.8) is 0 Å². The summed E-state index contributed by atoms with van der Waals surface area (Å²) in [7, 11) is 0. The molecule has 0 aromatic heterocycles. The van der Waals surface area contributed by atoms with Gasteiger partial charge in [-0.15, -0.1) is 0 Å². The number of anilines is 1. The number of benzene rings is 1. The highest BCUT2D eigenvalue weighted by atomic mass is 79.9. The minimum absolute atomic E-state index is 0.151. The largest absolute Gasteiger partial charge is 0.389 e. The van der Waals surface area contributed by atoms with Gasteiger partial charge in [0.2, 0.25) is 0 Å².